The van der Waals surface area contributed by atoms with Gasteiger partial charge in [0.2, 0.25) is 5.13 Å². The molecule has 0 unspecified atom stereocenters. The van der Waals surface area contributed by atoms with Crippen molar-refractivity contribution in [3.8, 4) is 10.6 Å². The lowest BCUT2D eigenvalue weighted by Crippen LogP contribution is -2.14. The van der Waals surface area contributed by atoms with Gasteiger partial charge >= 0.3 is 0 Å². The number of nitrogens with zero attached hydrogens (tertiary/aromatic N) is 3. The van der Waals surface area contributed by atoms with Crippen molar-refractivity contribution in [1.82, 2.24) is 20.2 Å². The number of fused-ring (bicyclic) bond motifs is 3. The summed E-state index contributed by atoms with van der Waals surface area (Å²) >= 11 is 1.35. The molecule has 1 amide bonds. The number of para-hydroxylation sites is 1. The second kappa shape index (κ2) is 7.53. The smallest absolute Gasteiger partial charge is 0.276 e. The van der Waals surface area contributed by atoms with Crippen LogP contribution in [-0.4, -0.2) is 26.1 Å². The van der Waals surface area contributed by atoms with Crippen molar-refractivity contribution in [2.75, 3.05) is 5.32 Å². The van der Waals surface area contributed by atoms with Crippen LogP contribution in [0.3, 0.4) is 0 Å². The van der Waals surface area contributed by atoms with E-state index >= 15 is 0 Å². The topological polar surface area (TPSA) is 83.6 Å². The van der Waals surface area contributed by atoms with Gasteiger partial charge in [-0.25, -0.2) is 4.98 Å². The van der Waals surface area contributed by atoms with Crippen molar-refractivity contribution in [3.05, 3.63) is 71.5 Å². The number of aromatic amines is 1. The Bertz CT molecular complexity index is 1460. The average molecular weight is 442 g/mol. The Morgan fingerprint density at radius 3 is 2.50 bits per heavy atom. The van der Waals surface area contributed by atoms with Gasteiger partial charge in [0.1, 0.15) is 10.7 Å². The Labute approximate surface area is 189 Å². The fraction of sp³-hybridized carbons (Fsp3) is 0.200. The maximum absolute atomic E-state index is 12.9. The second-order valence-corrected chi connectivity index (χ2v) is 9.86. The number of amides is 1. The van der Waals surface area contributed by atoms with E-state index in [0.29, 0.717) is 10.8 Å². The van der Waals surface area contributed by atoms with Gasteiger partial charge < -0.3 is 4.98 Å². The van der Waals surface area contributed by atoms with Gasteiger partial charge in [-0.2, -0.15) is 0 Å². The quantitative estimate of drug-likeness (QED) is 0.355. The summed E-state index contributed by atoms with van der Waals surface area (Å²) in [6.45, 7) is 8.46. The number of carbonyl (C=O) groups excluding carboxylic acids is 1. The van der Waals surface area contributed by atoms with Gasteiger partial charge in [0.15, 0.2) is 0 Å². The number of nitrogens with one attached hydrogen (secondary N) is 2. The lowest BCUT2D eigenvalue weighted by atomic mass is 9.87. The summed E-state index contributed by atoms with van der Waals surface area (Å²) in [4.78, 5) is 20.8. The second-order valence-electron chi connectivity index (χ2n) is 8.88. The largest absolute Gasteiger partial charge is 0.353 e. The fourth-order valence-electron chi connectivity index (χ4n) is 3.79. The zero-order chi connectivity index (χ0) is 22.5. The van der Waals surface area contributed by atoms with Crippen LogP contribution in [0.25, 0.3) is 32.4 Å². The summed E-state index contributed by atoms with van der Waals surface area (Å²) in [5, 5.41) is 14.5. The van der Waals surface area contributed by atoms with Crippen LogP contribution >= 0.6 is 11.3 Å². The molecule has 3 aromatic heterocycles. The van der Waals surface area contributed by atoms with Crippen LogP contribution in [0, 0.1) is 6.92 Å². The van der Waals surface area contributed by atoms with E-state index in [-0.39, 0.29) is 11.3 Å². The standard InChI is InChI=1S/C25H23N5OS/c1-14-21-18(17-7-5-6-8-19(17)27-21)13-20(26-14)22(31)28-24-30-29-23(32-24)15-9-11-16(12-10-15)25(2,3)4/h5-13,27H,1-4H3,(H,28,30,31). The molecule has 2 N–H and O–H groups in total. The number of carbonyl (C=O) groups is 1. The predicted molar refractivity (Wildman–Crippen MR) is 130 cm³/mol. The normalized spacial score (nSPS) is 11.9. The summed E-state index contributed by atoms with van der Waals surface area (Å²) < 4.78 is 0. The molecule has 0 saturated carbocycles. The molecule has 0 aliphatic heterocycles. The van der Waals surface area contributed by atoms with E-state index in [0.717, 1.165) is 38.1 Å². The number of hydrogen-bond acceptors (Lipinski definition) is 5. The van der Waals surface area contributed by atoms with Gasteiger partial charge in [-0.15, -0.1) is 10.2 Å². The van der Waals surface area contributed by atoms with Gasteiger partial charge in [-0.3, -0.25) is 10.1 Å². The molecule has 5 rings (SSSR count). The molecule has 0 spiro atoms. The highest BCUT2D eigenvalue weighted by atomic mass is 32.1. The van der Waals surface area contributed by atoms with Crippen molar-refractivity contribution in [1.29, 1.82) is 0 Å². The fourth-order valence-corrected chi connectivity index (χ4v) is 4.53. The number of benzene rings is 2. The highest BCUT2D eigenvalue weighted by molar-refractivity contribution is 7.18. The molecule has 0 saturated heterocycles. The maximum atomic E-state index is 12.9. The first-order valence-corrected chi connectivity index (χ1v) is 11.2. The maximum Gasteiger partial charge on any atom is 0.276 e. The summed E-state index contributed by atoms with van der Waals surface area (Å²) in [6, 6.07) is 18.2. The lowest BCUT2D eigenvalue weighted by molar-refractivity contribution is 0.102. The third-order valence-corrected chi connectivity index (χ3v) is 6.44. The zero-order valence-corrected chi connectivity index (χ0v) is 19.2. The molecule has 0 aliphatic rings. The Balaban J connectivity index is 1.40. The predicted octanol–water partition coefficient (Wildman–Crippen LogP) is 6.09. The minimum absolute atomic E-state index is 0.0931. The van der Waals surface area contributed by atoms with Gasteiger partial charge in [-0.1, -0.05) is 74.6 Å². The number of rotatable bonds is 3. The molecule has 3 heterocycles. The number of anilines is 1. The van der Waals surface area contributed by atoms with E-state index < -0.39 is 0 Å². The average Bonchev–Trinajstić information content (AvgIpc) is 3.38. The van der Waals surface area contributed by atoms with Crippen LogP contribution in [-0.2, 0) is 5.41 Å². The first-order chi connectivity index (χ1) is 15.3. The number of H-pyrrole nitrogens is 1. The first kappa shape index (κ1) is 20.3. The molecule has 0 aliphatic carbocycles. The van der Waals surface area contributed by atoms with E-state index in [1.807, 2.05) is 49.4 Å². The first-order valence-electron chi connectivity index (χ1n) is 10.4. The molecular formula is C25H23N5OS. The lowest BCUT2D eigenvalue weighted by Gasteiger charge is -2.18. The summed E-state index contributed by atoms with van der Waals surface area (Å²) in [5.41, 5.74) is 5.43. The summed E-state index contributed by atoms with van der Waals surface area (Å²) in [5.74, 6) is -0.300. The van der Waals surface area contributed by atoms with Crippen molar-refractivity contribution >= 4 is 44.2 Å². The van der Waals surface area contributed by atoms with Crippen molar-refractivity contribution in [2.45, 2.75) is 33.1 Å². The number of aryl methyl sites for hydroxylation is 1. The van der Waals surface area contributed by atoms with E-state index in [2.05, 4.69) is 58.4 Å². The Morgan fingerprint density at radius 1 is 1.00 bits per heavy atom. The van der Waals surface area contributed by atoms with Crippen LogP contribution in [0.5, 0.6) is 0 Å². The molecule has 5 aromatic rings. The van der Waals surface area contributed by atoms with Gasteiger partial charge in [0, 0.05) is 21.9 Å². The van der Waals surface area contributed by atoms with E-state index in [4.69, 9.17) is 0 Å². The summed E-state index contributed by atoms with van der Waals surface area (Å²) in [7, 11) is 0. The van der Waals surface area contributed by atoms with Crippen molar-refractivity contribution in [3.63, 3.8) is 0 Å². The Hall–Kier alpha value is -3.58. The molecule has 160 valence electrons. The minimum atomic E-state index is -0.300. The molecule has 0 radical (unpaired) electrons. The minimum Gasteiger partial charge on any atom is -0.353 e. The van der Waals surface area contributed by atoms with Gasteiger partial charge in [0.25, 0.3) is 5.91 Å². The Kier molecular flexibility index (Phi) is 4.78. The third-order valence-electron chi connectivity index (χ3n) is 5.55. The molecule has 0 atom stereocenters. The van der Waals surface area contributed by atoms with Crippen molar-refractivity contribution < 1.29 is 4.79 Å². The monoisotopic (exact) mass is 441 g/mol. The molecule has 32 heavy (non-hydrogen) atoms. The van der Waals surface area contributed by atoms with E-state index in [9.17, 15) is 4.79 Å². The SMILES string of the molecule is Cc1nc(C(=O)Nc2nnc(-c3ccc(C(C)(C)C)cc3)s2)cc2c1[nH]c1ccccc12. The van der Waals surface area contributed by atoms with Crippen LogP contribution < -0.4 is 5.32 Å². The van der Waals surface area contributed by atoms with Crippen LogP contribution in [0.4, 0.5) is 5.13 Å². The molecule has 7 heteroatoms. The van der Waals surface area contributed by atoms with E-state index in [1.165, 1.54) is 16.9 Å². The Morgan fingerprint density at radius 2 is 1.75 bits per heavy atom. The van der Waals surface area contributed by atoms with Gasteiger partial charge in [0.05, 0.1) is 11.2 Å². The van der Waals surface area contributed by atoms with Gasteiger partial charge in [-0.05, 0) is 30.0 Å². The van der Waals surface area contributed by atoms with Crippen LogP contribution in [0.15, 0.2) is 54.6 Å². The molecule has 2 aromatic carbocycles. The summed E-state index contributed by atoms with van der Waals surface area (Å²) in [6.07, 6.45) is 0. The highest BCUT2D eigenvalue weighted by Gasteiger charge is 2.17. The number of pyridine rings is 1. The third kappa shape index (κ3) is 3.65. The van der Waals surface area contributed by atoms with Crippen molar-refractivity contribution in [2.24, 2.45) is 0 Å². The number of hydrogen-bond donors (Lipinski definition) is 2. The molecular weight excluding hydrogens is 418 g/mol. The van der Waals surface area contributed by atoms with Crippen LogP contribution in [0.1, 0.15) is 42.5 Å². The highest BCUT2D eigenvalue weighted by Crippen LogP contribution is 2.30. The zero-order valence-electron chi connectivity index (χ0n) is 18.4. The molecule has 0 fully saturated rings. The molecule has 0 bridgehead atoms. The molecule has 6 nitrogen and oxygen atoms in total. The number of aromatic nitrogens is 4. The van der Waals surface area contributed by atoms with E-state index in [1.54, 1.807) is 0 Å². The van der Waals surface area contributed by atoms with Crippen LogP contribution in [0.2, 0.25) is 0 Å².